The number of halogens is 1. The summed E-state index contributed by atoms with van der Waals surface area (Å²) in [5.41, 5.74) is 0.351. The Morgan fingerprint density at radius 3 is 2.61 bits per heavy atom. The first-order valence-corrected chi connectivity index (χ1v) is 5.41. The molecule has 1 aromatic rings. The molecule has 0 aliphatic rings. The lowest BCUT2D eigenvalue weighted by Gasteiger charge is -2.09. The Hall–Kier alpha value is -2.17. The maximum Gasteiger partial charge on any atom is 0.328 e. The Morgan fingerprint density at radius 1 is 1.39 bits per heavy atom. The Balaban J connectivity index is 3.01. The molecule has 5 heteroatoms. The van der Waals surface area contributed by atoms with Gasteiger partial charge >= 0.3 is 5.97 Å². The minimum Gasteiger partial charge on any atom is -0.478 e. The van der Waals surface area contributed by atoms with Crippen LogP contribution in [0.1, 0.15) is 29.8 Å². The van der Waals surface area contributed by atoms with E-state index in [0.717, 1.165) is 12.1 Å². The van der Waals surface area contributed by atoms with E-state index >= 15 is 0 Å². The lowest BCUT2D eigenvalue weighted by Crippen LogP contribution is -2.30. The number of carboxylic acid groups (broad SMARTS) is 1. The van der Waals surface area contributed by atoms with Gasteiger partial charge in [0.05, 0.1) is 5.56 Å². The van der Waals surface area contributed by atoms with Crippen molar-refractivity contribution in [2.75, 3.05) is 0 Å². The van der Waals surface area contributed by atoms with Gasteiger partial charge in [0, 0.05) is 12.1 Å². The van der Waals surface area contributed by atoms with Crippen LogP contribution < -0.4 is 5.32 Å². The van der Waals surface area contributed by atoms with E-state index in [9.17, 15) is 14.0 Å². The molecule has 2 N–H and O–H groups in total. The molecule has 0 saturated carbocycles. The second-order valence-corrected chi connectivity index (χ2v) is 4.04. The quantitative estimate of drug-likeness (QED) is 0.805. The van der Waals surface area contributed by atoms with Crippen LogP contribution in [-0.2, 0) is 4.79 Å². The molecule has 96 valence electrons. The highest BCUT2D eigenvalue weighted by molar-refractivity contribution is 5.95. The highest BCUT2D eigenvalue weighted by Crippen LogP contribution is 2.12. The van der Waals surface area contributed by atoms with Crippen molar-refractivity contribution in [2.24, 2.45) is 0 Å². The Labute approximate surface area is 104 Å². The van der Waals surface area contributed by atoms with Crippen molar-refractivity contribution in [2.45, 2.75) is 19.9 Å². The second-order valence-electron chi connectivity index (χ2n) is 4.04. The first-order chi connectivity index (χ1) is 8.40. The van der Waals surface area contributed by atoms with E-state index in [1.165, 1.54) is 18.2 Å². The van der Waals surface area contributed by atoms with Gasteiger partial charge in [-0.05, 0) is 37.6 Å². The van der Waals surface area contributed by atoms with E-state index in [1.807, 2.05) is 0 Å². The molecule has 0 atom stereocenters. The first-order valence-electron chi connectivity index (χ1n) is 5.41. The highest BCUT2D eigenvalue weighted by Gasteiger charge is 2.12. The molecule has 0 heterocycles. The van der Waals surface area contributed by atoms with Crippen LogP contribution in [-0.4, -0.2) is 23.0 Å². The van der Waals surface area contributed by atoms with Gasteiger partial charge in [-0.15, -0.1) is 0 Å². The largest absolute Gasteiger partial charge is 0.478 e. The molecule has 0 bridgehead atoms. The van der Waals surface area contributed by atoms with Crippen LogP contribution in [0, 0.1) is 5.82 Å². The van der Waals surface area contributed by atoms with Crippen molar-refractivity contribution in [3.05, 3.63) is 41.2 Å². The minimum atomic E-state index is -1.10. The van der Waals surface area contributed by atoms with Crippen LogP contribution in [0.5, 0.6) is 0 Å². The van der Waals surface area contributed by atoms with Crippen molar-refractivity contribution >= 4 is 18.0 Å². The number of aliphatic carboxylic acids is 1. The van der Waals surface area contributed by atoms with Crippen LogP contribution in [0.4, 0.5) is 4.39 Å². The number of rotatable bonds is 4. The summed E-state index contributed by atoms with van der Waals surface area (Å²) < 4.78 is 13.5. The van der Waals surface area contributed by atoms with E-state index in [0.29, 0.717) is 5.56 Å². The molecular weight excluding hydrogens is 237 g/mol. The number of carbonyl (C=O) groups is 2. The molecule has 0 spiro atoms. The Morgan fingerprint density at radius 2 is 2.06 bits per heavy atom. The average Bonchev–Trinajstić information content (AvgIpc) is 2.26. The summed E-state index contributed by atoms with van der Waals surface area (Å²) in [5.74, 6) is -2.26. The molecule has 1 aromatic carbocycles. The smallest absolute Gasteiger partial charge is 0.328 e. The van der Waals surface area contributed by atoms with E-state index in [-0.39, 0.29) is 11.6 Å². The molecule has 0 radical (unpaired) electrons. The molecule has 0 unspecified atom stereocenters. The normalized spacial score (nSPS) is 10.9. The summed E-state index contributed by atoms with van der Waals surface area (Å²) in [4.78, 5) is 22.0. The molecular formula is C13H14FNO3. The van der Waals surface area contributed by atoms with Gasteiger partial charge in [0.1, 0.15) is 5.82 Å². The van der Waals surface area contributed by atoms with Gasteiger partial charge in [-0.2, -0.15) is 0 Å². The lowest BCUT2D eigenvalue weighted by atomic mass is 10.1. The van der Waals surface area contributed by atoms with Gasteiger partial charge in [0.25, 0.3) is 5.91 Å². The van der Waals surface area contributed by atoms with Crippen LogP contribution in [0.25, 0.3) is 6.08 Å². The van der Waals surface area contributed by atoms with E-state index in [1.54, 1.807) is 13.8 Å². The summed E-state index contributed by atoms with van der Waals surface area (Å²) in [7, 11) is 0. The summed E-state index contributed by atoms with van der Waals surface area (Å²) in [6, 6.07) is 3.75. The summed E-state index contributed by atoms with van der Waals surface area (Å²) >= 11 is 0. The topological polar surface area (TPSA) is 66.4 Å². The van der Waals surface area contributed by atoms with Gasteiger partial charge in [-0.25, -0.2) is 9.18 Å². The standard InChI is InChI=1S/C13H14FNO3/c1-8(2)15-13(18)10-7-9(3-5-11(10)14)4-6-12(16)17/h3-8H,1-2H3,(H,15,18)(H,16,17). The fourth-order valence-corrected chi connectivity index (χ4v) is 1.33. The summed E-state index contributed by atoms with van der Waals surface area (Å²) in [5, 5.41) is 11.1. The molecule has 1 rings (SSSR count). The second kappa shape index (κ2) is 5.95. The molecule has 4 nitrogen and oxygen atoms in total. The van der Waals surface area contributed by atoms with Crippen LogP contribution in [0.2, 0.25) is 0 Å². The third-order valence-corrected chi connectivity index (χ3v) is 2.07. The molecule has 0 aromatic heterocycles. The predicted molar refractivity (Wildman–Crippen MR) is 65.7 cm³/mol. The van der Waals surface area contributed by atoms with Gasteiger partial charge in [-0.1, -0.05) is 6.07 Å². The molecule has 0 aliphatic carbocycles. The molecule has 0 fully saturated rings. The molecule has 18 heavy (non-hydrogen) atoms. The van der Waals surface area contributed by atoms with E-state index in [2.05, 4.69) is 5.32 Å². The van der Waals surface area contributed by atoms with Crippen molar-refractivity contribution < 1.29 is 19.1 Å². The molecule has 0 saturated heterocycles. The monoisotopic (exact) mass is 251 g/mol. The zero-order valence-electron chi connectivity index (χ0n) is 10.1. The minimum absolute atomic E-state index is 0.101. The number of amides is 1. The number of nitrogens with one attached hydrogen (secondary N) is 1. The third-order valence-electron chi connectivity index (χ3n) is 2.07. The lowest BCUT2D eigenvalue weighted by molar-refractivity contribution is -0.131. The Bertz CT molecular complexity index is 495. The van der Waals surface area contributed by atoms with Crippen molar-refractivity contribution in [3.63, 3.8) is 0 Å². The molecule has 1 amide bonds. The van der Waals surface area contributed by atoms with E-state index in [4.69, 9.17) is 5.11 Å². The van der Waals surface area contributed by atoms with Crippen molar-refractivity contribution in [1.82, 2.24) is 5.32 Å². The predicted octanol–water partition coefficient (Wildman–Crippen LogP) is 2.06. The number of benzene rings is 1. The van der Waals surface area contributed by atoms with Crippen LogP contribution >= 0.6 is 0 Å². The molecule has 0 aliphatic heterocycles. The fourth-order valence-electron chi connectivity index (χ4n) is 1.33. The average molecular weight is 251 g/mol. The number of carboxylic acids is 1. The maximum atomic E-state index is 13.5. The van der Waals surface area contributed by atoms with Gasteiger partial charge in [0.2, 0.25) is 0 Å². The number of hydrogen-bond acceptors (Lipinski definition) is 2. The summed E-state index contributed by atoms with van der Waals surface area (Å²) in [6.45, 7) is 3.54. The van der Waals surface area contributed by atoms with Gasteiger partial charge < -0.3 is 10.4 Å². The number of carbonyl (C=O) groups excluding carboxylic acids is 1. The van der Waals surface area contributed by atoms with Crippen molar-refractivity contribution in [3.8, 4) is 0 Å². The van der Waals surface area contributed by atoms with Crippen molar-refractivity contribution in [1.29, 1.82) is 0 Å². The van der Waals surface area contributed by atoms with Gasteiger partial charge in [-0.3, -0.25) is 4.79 Å². The van der Waals surface area contributed by atoms with Crippen LogP contribution in [0.15, 0.2) is 24.3 Å². The zero-order valence-corrected chi connectivity index (χ0v) is 10.1. The van der Waals surface area contributed by atoms with E-state index < -0.39 is 17.7 Å². The van der Waals surface area contributed by atoms with Gasteiger partial charge in [0.15, 0.2) is 0 Å². The van der Waals surface area contributed by atoms with Crippen LogP contribution in [0.3, 0.4) is 0 Å². The maximum absolute atomic E-state index is 13.5. The SMILES string of the molecule is CC(C)NC(=O)c1cc(C=CC(=O)O)ccc1F. The highest BCUT2D eigenvalue weighted by atomic mass is 19.1. The fraction of sp³-hybridized carbons (Fsp3) is 0.231. The summed E-state index contributed by atoms with van der Waals surface area (Å²) in [6.07, 6.45) is 2.23. The zero-order chi connectivity index (χ0) is 13.7. The third kappa shape index (κ3) is 4.01. The first kappa shape index (κ1) is 13.9. The number of hydrogen-bond donors (Lipinski definition) is 2. The Kier molecular flexibility index (Phi) is 4.59.